The van der Waals surface area contributed by atoms with Crippen molar-refractivity contribution >= 4 is 17.0 Å². The molecule has 2 aromatic carbocycles. The summed E-state index contributed by atoms with van der Waals surface area (Å²) in [4.78, 5) is 4.39. The third kappa shape index (κ3) is 2.42. The number of nitrogen functional groups attached to an aromatic ring is 1. The van der Waals surface area contributed by atoms with Crippen molar-refractivity contribution in [3.8, 4) is 11.4 Å². The van der Waals surface area contributed by atoms with Gasteiger partial charge >= 0.3 is 0 Å². The second-order valence-electron chi connectivity index (χ2n) is 5.07. The minimum atomic E-state index is -0.287. The van der Waals surface area contributed by atoms with Gasteiger partial charge in [0.2, 0.25) is 5.95 Å². The van der Waals surface area contributed by atoms with Gasteiger partial charge in [-0.3, -0.25) is 4.57 Å². The van der Waals surface area contributed by atoms with Gasteiger partial charge in [-0.15, -0.1) is 0 Å². The van der Waals surface area contributed by atoms with Crippen molar-refractivity contribution in [3.63, 3.8) is 0 Å². The molecule has 0 unspecified atom stereocenters. The van der Waals surface area contributed by atoms with Gasteiger partial charge < -0.3 is 10.5 Å². The second kappa shape index (κ2) is 5.09. The maximum Gasteiger partial charge on any atom is 0.206 e. The quantitative estimate of drug-likeness (QED) is 0.801. The summed E-state index contributed by atoms with van der Waals surface area (Å²) in [6.07, 6.45) is 0.0489. The minimum Gasteiger partial charge on any atom is -0.489 e. The number of para-hydroxylation sites is 1. The van der Waals surface area contributed by atoms with Crippen LogP contribution in [0.3, 0.4) is 0 Å². The fourth-order valence-electron chi connectivity index (χ4n) is 2.30. The summed E-state index contributed by atoms with van der Waals surface area (Å²) in [5, 5.41) is 0. The fraction of sp³-hybridized carbons (Fsp3) is 0.188. The Hall–Kier alpha value is -2.56. The summed E-state index contributed by atoms with van der Waals surface area (Å²) in [7, 11) is 0. The monoisotopic (exact) mass is 285 g/mol. The first-order chi connectivity index (χ1) is 10.1. The van der Waals surface area contributed by atoms with Crippen LogP contribution >= 0.6 is 0 Å². The molecule has 21 heavy (non-hydrogen) atoms. The molecule has 0 saturated heterocycles. The molecular formula is C16H16FN3O. The molecule has 0 amide bonds. The molecule has 108 valence electrons. The molecule has 0 spiro atoms. The predicted molar refractivity (Wildman–Crippen MR) is 81.2 cm³/mol. The number of ether oxygens (including phenoxy) is 1. The van der Waals surface area contributed by atoms with Crippen molar-refractivity contribution in [2.45, 2.75) is 20.0 Å². The van der Waals surface area contributed by atoms with Gasteiger partial charge in [0.1, 0.15) is 17.1 Å². The van der Waals surface area contributed by atoms with Crippen LogP contribution in [0.15, 0.2) is 42.5 Å². The van der Waals surface area contributed by atoms with E-state index in [0.717, 1.165) is 11.2 Å². The topological polar surface area (TPSA) is 53.1 Å². The van der Waals surface area contributed by atoms with E-state index in [0.29, 0.717) is 17.2 Å². The van der Waals surface area contributed by atoms with Gasteiger partial charge in [0.05, 0.1) is 11.6 Å². The summed E-state index contributed by atoms with van der Waals surface area (Å²) in [5.41, 5.74) is 8.32. The highest BCUT2D eigenvalue weighted by atomic mass is 19.1. The Morgan fingerprint density at radius 3 is 2.52 bits per heavy atom. The van der Waals surface area contributed by atoms with E-state index in [9.17, 15) is 4.39 Å². The molecule has 0 aliphatic heterocycles. The summed E-state index contributed by atoms with van der Waals surface area (Å²) < 4.78 is 20.6. The van der Waals surface area contributed by atoms with Gasteiger partial charge in [-0.05, 0) is 50.2 Å². The number of hydrogen-bond donors (Lipinski definition) is 1. The summed E-state index contributed by atoms with van der Waals surface area (Å²) in [6, 6.07) is 11.8. The Morgan fingerprint density at radius 2 is 1.86 bits per heavy atom. The molecule has 5 heteroatoms. The summed E-state index contributed by atoms with van der Waals surface area (Å²) >= 11 is 0. The highest BCUT2D eigenvalue weighted by Crippen LogP contribution is 2.30. The molecule has 0 fully saturated rings. The van der Waals surface area contributed by atoms with Gasteiger partial charge in [-0.1, -0.05) is 6.07 Å². The van der Waals surface area contributed by atoms with E-state index in [4.69, 9.17) is 10.5 Å². The lowest BCUT2D eigenvalue weighted by Crippen LogP contribution is -2.05. The molecule has 3 rings (SSSR count). The van der Waals surface area contributed by atoms with Crippen LogP contribution in [0.1, 0.15) is 13.8 Å². The summed E-state index contributed by atoms with van der Waals surface area (Å²) in [5.74, 6) is 0.747. The van der Waals surface area contributed by atoms with Crippen molar-refractivity contribution in [1.82, 2.24) is 9.55 Å². The molecule has 1 heterocycles. The van der Waals surface area contributed by atoms with Crippen LogP contribution in [0.4, 0.5) is 10.3 Å². The predicted octanol–water partition coefficient (Wildman–Crippen LogP) is 3.53. The van der Waals surface area contributed by atoms with E-state index in [1.807, 2.05) is 32.0 Å². The molecule has 0 bridgehead atoms. The number of nitrogens with two attached hydrogens (primary N) is 1. The Bertz CT molecular complexity index is 778. The molecule has 0 saturated carbocycles. The van der Waals surface area contributed by atoms with Crippen LogP contribution in [0.2, 0.25) is 0 Å². The number of aromatic nitrogens is 2. The van der Waals surface area contributed by atoms with Crippen molar-refractivity contribution in [3.05, 3.63) is 48.3 Å². The molecule has 3 aromatic rings. The van der Waals surface area contributed by atoms with Crippen molar-refractivity contribution in [2.24, 2.45) is 0 Å². The maximum atomic E-state index is 13.1. The maximum absolute atomic E-state index is 13.1. The molecule has 0 atom stereocenters. The first kappa shape index (κ1) is 13.4. The number of nitrogens with zero attached hydrogens (tertiary/aromatic N) is 2. The molecular weight excluding hydrogens is 269 g/mol. The van der Waals surface area contributed by atoms with Crippen molar-refractivity contribution in [2.75, 3.05) is 5.73 Å². The average molecular weight is 285 g/mol. The molecule has 1 aromatic heterocycles. The van der Waals surface area contributed by atoms with Crippen LogP contribution in [0.5, 0.6) is 5.75 Å². The van der Waals surface area contributed by atoms with Gasteiger partial charge in [0.25, 0.3) is 0 Å². The fourth-order valence-corrected chi connectivity index (χ4v) is 2.30. The summed E-state index contributed by atoms with van der Waals surface area (Å²) in [6.45, 7) is 3.91. The molecule has 0 aliphatic carbocycles. The number of halogens is 1. The third-order valence-corrected chi connectivity index (χ3v) is 3.12. The van der Waals surface area contributed by atoms with Gasteiger partial charge in [0, 0.05) is 5.69 Å². The lowest BCUT2D eigenvalue weighted by atomic mass is 10.2. The number of benzene rings is 2. The average Bonchev–Trinajstić information content (AvgIpc) is 2.77. The van der Waals surface area contributed by atoms with Crippen LogP contribution < -0.4 is 10.5 Å². The molecule has 0 aliphatic rings. The van der Waals surface area contributed by atoms with Crippen LogP contribution in [0.25, 0.3) is 16.7 Å². The Labute approximate surface area is 122 Å². The Balaban J connectivity index is 2.20. The van der Waals surface area contributed by atoms with E-state index >= 15 is 0 Å². The lowest BCUT2D eigenvalue weighted by Gasteiger charge is -2.10. The zero-order valence-corrected chi connectivity index (χ0v) is 11.9. The third-order valence-electron chi connectivity index (χ3n) is 3.12. The highest BCUT2D eigenvalue weighted by molar-refractivity contribution is 5.86. The first-order valence-corrected chi connectivity index (χ1v) is 6.76. The zero-order valence-electron chi connectivity index (χ0n) is 11.9. The zero-order chi connectivity index (χ0) is 15.0. The first-order valence-electron chi connectivity index (χ1n) is 6.76. The van der Waals surface area contributed by atoms with Crippen LogP contribution in [-0.2, 0) is 0 Å². The van der Waals surface area contributed by atoms with E-state index in [-0.39, 0.29) is 11.9 Å². The SMILES string of the molecule is CC(C)Oc1cccc2c1nc(N)n2-c1ccc(F)cc1. The molecule has 2 N–H and O–H groups in total. The number of fused-ring (bicyclic) bond motifs is 1. The highest BCUT2D eigenvalue weighted by Gasteiger charge is 2.14. The molecule has 4 nitrogen and oxygen atoms in total. The standard InChI is InChI=1S/C16H16FN3O/c1-10(2)21-14-5-3-4-13-15(14)19-16(18)20(13)12-8-6-11(17)7-9-12/h3-10H,1-2H3,(H2,18,19). The lowest BCUT2D eigenvalue weighted by molar-refractivity contribution is 0.245. The van der Waals surface area contributed by atoms with Gasteiger partial charge in [-0.25, -0.2) is 9.37 Å². The number of imidazole rings is 1. The van der Waals surface area contributed by atoms with E-state index in [2.05, 4.69) is 4.98 Å². The minimum absolute atomic E-state index is 0.0489. The van der Waals surface area contributed by atoms with E-state index in [1.165, 1.54) is 12.1 Å². The van der Waals surface area contributed by atoms with E-state index < -0.39 is 0 Å². The number of anilines is 1. The smallest absolute Gasteiger partial charge is 0.206 e. The van der Waals surface area contributed by atoms with Crippen LogP contribution in [0, 0.1) is 5.82 Å². The second-order valence-corrected chi connectivity index (χ2v) is 5.07. The largest absolute Gasteiger partial charge is 0.489 e. The van der Waals surface area contributed by atoms with E-state index in [1.54, 1.807) is 16.7 Å². The van der Waals surface area contributed by atoms with Crippen LogP contribution in [-0.4, -0.2) is 15.7 Å². The Morgan fingerprint density at radius 1 is 1.14 bits per heavy atom. The number of rotatable bonds is 3. The Kier molecular flexibility index (Phi) is 3.25. The molecule has 0 radical (unpaired) electrons. The van der Waals surface area contributed by atoms with Crippen molar-refractivity contribution < 1.29 is 9.13 Å². The normalized spacial score (nSPS) is 11.2. The van der Waals surface area contributed by atoms with Crippen molar-refractivity contribution in [1.29, 1.82) is 0 Å². The van der Waals surface area contributed by atoms with Gasteiger partial charge in [0.15, 0.2) is 0 Å². The van der Waals surface area contributed by atoms with Gasteiger partial charge in [-0.2, -0.15) is 0 Å². The number of hydrogen-bond acceptors (Lipinski definition) is 3.